The van der Waals surface area contributed by atoms with Crippen LogP contribution in [0, 0.1) is 5.41 Å². The molecule has 8 rings (SSSR count). The van der Waals surface area contributed by atoms with Gasteiger partial charge in [-0.1, -0.05) is 85.1 Å². The molecule has 7 aromatic rings. The largest absolute Gasteiger partial charge is 0.433 e. The van der Waals surface area contributed by atoms with Crippen LogP contribution < -0.4 is 11.1 Å². The van der Waals surface area contributed by atoms with Crippen LogP contribution in [0.4, 0.5) is 13.2 Å². The maximum atomic E-state index is 14.7. The lowest BCUT2D eigenvalue weighted by Gasteiger charge is -2.27. The van der Waals surface area contributed by atoms with E-state index < -0.39 is 34.0 Å². The summed E-state index contributed by atoms with van der Waals surface area (Å²) in [7, 11) is 0. The summed E-state index contributed by atoms with van der Waals surface area (Å²) in [5.74, 6) is 0. The predicted octanol–water partition coefficient (Wildman–Crippen LogP) is 8.35. The van der Waals surface area contributed by atoms with Gasteiger partial charge in [0.15, 0.2) is 5.69 Å². The minimum absolute atomic E-state index is 0.130. The Balaban J connectivity index is 1.17. The van der Waals surface area contributed by atoms with E-state index in [-0.39, 0.29) is 16.4 Å². The van der Waals surface area contributed by atoms with Gasteiger partial charge in [-0.25, -0.2) is 9.97 Å². The van der Waals surface area contributed by atoms with Crippen molar-refractivity contribution in [1.29, 1.82) is 5.41 Å². The minimum atomic E-state index is -4.83. The summed E-state index contributed by atoms with van der Waals surface area (Å²) in [5, 5.41) is 14.2. The summed E-state index contributed by atoms with van der Waals surface area (Å²) in [5.41, 5.74) is 0.365. The standard InChI is InChI=1S/C38H33F3N8O2S2/c1-37(2,23-11-9-10-22(20-23)31-24(21-42)33(50)48(45-31)35-43-25-12-3-5-14-28(25)52-35)17-16-27(47-18-7-8-19-47)30-32(38(39,40)41)46-49(34(30)51)36-44-26-13-4-6-15-29(26)53-36/h3-6,9-16,20-21,42,45-46H,7-8,17-19H2,1-2H3/b27-16-,42-21?. The van der Waals surface area contributed by atoms with Gasteiger partial charge >= 0.3 is 6.18 Å². The van der Waals surface area contributed by atoms with E-state index in [1.807, 2.05) is 79.4 Å². The van der Waals surface area contributed by atoms with Gasteiger partial charge in [-0.2, -0.15) is 22.5 Å². The number of fused-ring (bicyclic) bond motifs is 2. The highest BCUT2D eigenvalue weighted by Gasteiger charge is 2.41. The van der Waals surface area contributed by atoms with Gasteiger partial charge in [0.1, 0.15) is 0 Å². The Bertz CT molecular complexity index is 2600. The molecular weight excluding hydrogens is 722 g/mol. The number of aromatic amines is 2. The molecule has 1 aliphatic heterocycles. The highest BCUT2D eigenvalue weighted by molar-refractivity contribution is 7.21. The molecule has 0 amide bonds. The van der Waals surface area contributed by atoms with Crippen molar-refractivity contribution in [3.63, 3.8) is 0 Å². The van der Waals surface area contributed by atoms with E-state index in [9.17, 15) is 22.8 Å². The fourth-order valence-electron chi connectivity index (χ4n) is 6.78. The molecule has 1 saturated heterocycles. The number of alkyl halides is 3. The summed E-state index contributed by atoms with van der Waals surface area (Å²) >= 11 is 2.50. The third-order valence-electron chi connectivity index (χ3n) is 9.63. The van der Waals surface area contributed by atoms with E-state index in [2.05, 4.69) is 20.2 Å². The molecule has 0 radical (unpaired) electrons. The summed E-state index contributed by atoms with van der Waals surface area (Å²) < 4.78 is 48.1. The molecule has 3 aromatic carbocycles. The maximum Gasteiger partial charge on any atom is 0.433 e. The van der Waals surface area contributed by atoms with Crippen LogP contribution in [0.15, 0.2) is 88.5 Å². The molecule has 53 heavy (non-hydrogen) atoms. The zero-order valence-electron chi connectivity index (χ0n) is 28.6. The first kappa shape index (κ1) is 34.5. The van der Waals surface area contributed by atoms with Crippen LogP contribution in [0.25, 0.3) is 47.7 Å². The molecule has 1 fully saturated rings. The fraction of sp³-hybridized carbons (Fsp3) is 0.237. The Hall–Kier alpha value is -5.54. The summed E-state index contributed by atoms with van der Waals surface area (Å²) in [6, 6.07) is 22.3. The van der Waals surface area contributed by atoms with Gasteiger partial charge in [0.05, 0.1) is 37.3 Å². The van der Waals surface area contributed by atoms with Crippen LogP contribution in [0.3, 0.4) is 0 Å². The number of H-pyrrole nitrogens is 2. The van der Waals surface area contributed by atoms with Gasteiger partial charge < -0.3 is 10.3 Å². The molecule has 270 valence electrons. The number of likely N-dealkylation sites (tertiary alicyclic amines) is 1. The Morgan fingerprint density at radius 1 is 0.849 bits per heavy atom. The second-order valence-electron chi connectivity index (χ2n) is 13.6. The molecule has 0 bridgehead atoms. The van der Waals surface area contributed by atoms with Crippen molar-refractivity contribution < 1.29 is 13.2 Å². The van der Waals surface area contributed by atoms with Gasteiger partial charge in [0.25, 0.3) is 11.1 Å². The van der Waals surface area contributed by atoms with Gasteiger partial charge in [0, 0.05) is 30.6 Å². The van der Waals surface area contributed by atoms with Crippen LogP contribution in [0.5, 0.6) is 0 Å². The normalized spacial score (nSPS) is 14.2. The third-order valence-corrected chi connectivity index (χ3v) is 11.7. The highest BCUT2D eigenvalue weighted by atomic mass is 32.1. The van der Waals surface area contributed by atoms with E-state index in [0.29, 0.717) is 41.4 Å². The molecule has 15 heteroatoms. The van der Waals surface area contributed by atoms with Crippen LogP contribution in [0.2, 0.25) is 0 Å². The van der Waals surface area contributed by atoms with Crippen LogP contribution in [0.1, 0.15) is 55.5 Å². The van der Waals surface area contributed by atoms with Crippen molar-refractivity contribution >= 4 is 55.0 Å². The second kappa shape index (κ2) is 13.1. The van der Waals surface area contributed by atoms with Crippen molar-refractivity contribution in [2.75, 3.05) is 13.1 Å². The first-order valence-electron chi connectivity index (χ1n) is 17.0. The molecule has 0 atom stereocenters. The number of aromatic nitrogens is 6. The van der Waals surface area contributed by atoms with Crippen molar-refractivity contribution in [3.8, 4) is 21.5 Å². The number of nitrogens with zero attached hydrogens (tertiary/aromatic N) is 5. The second-order valence-corrected chi connectivity index (χ2v) is 15.6. The van der Waals surface area contributed by atoms with E-state index >= 15 is 0 Å². The van der Waals surface area contributed by atoms with E-state index in [4.69, 9.17) is 5.41 Å². The number of para-hydroxylation sites is 2. The first-order chi connectivity index (χ1) is 25.4. The Morgan fingerprint density at radius 2 is 1.45 bits per heavy atom. The fourth-order valence-corrected chi connectivity index (χ4v) is 8.63. The zero-order valence-corrected chi connectivity index (χ0v) is 30.3. The smallest absolute Gasteiger partial charge is 0.371 e. The van der Waals surface area contributed by atoms with Crippen LogP contribution >= 0.6 is 22.7 Å². The Labute approximate surface area is 308 Å². The Morgan fingerprint density at radius 3 is 2.04 bits per heavy atom. The van der Waals surface area contributed by atoms with Gasteiger partial charge in [-0.15, -0.1) is 0 Å². The number of rotatable bonds is 9. The average molecular weight is 755 g/mol. The van der Waals surface area contributed by atoms with Gasteiger partial charge in [-0.05, 0) is 60.6 Å². The molecule has 5 heterocycles. The molecule has 3 N–H and O–H groups in total. The van der Waals surface area contributed by atoms with E-state index in [1.165, 1.54) is 16.0 Å². The van der Waals surface area contributed by atoms with Crippen molar-refractivity contribution in [2.45, 2.75) is 44.7 Å². The quantitative estimate of drug-likeness (QED) is 0.128. The predicted molar refractivity (Wildman–Crippen MR) is 204 cm³/mol. The van der Waals surface area contributed by atoms with Crippen molar-refractivity contribution in [3.05, 3.63) is 122 Å². The maximum absolute atomic E-state index is 14.7. The SMILES string of the molecule is CC(C)(C/C=C(/c1c(C(F)(F)F)[nH]n(-c2nc3ccccc3s2)c1=O)N1CCCC1)c1cccc(-c2[nH]n(-c3nc4ccccc4s3)c(=O)c2C=N)c1. The van der Waals surface area contributed by atoms with Crippen molar-refractivity contribution in [1.82, 2.24) is 34.4 Å². The molecular formula is C38H33F3N8O2S2. The number of halogens is 3. The third kappa shape index (κ3) is 6.23. The molecule has 0 saturated carbocycles. The monoisotopic (exact) mass is 754 g/mol. The number of hydrogen-bond acceptors (Lipinski definition) is 8. The molecule has 4 aromatic heterocycles. The number of benzene rings is 3. The lowest BCUT2D eigenvalue weighted by molar-refractivity contribution is -0.141. The number of thiazole rings is 2. The van der Waals surface area contributed by atoms with E-state index in [1.54, 1.807) is 18.2 Å². The molecule has 0 aliphatic carbocycles. The lowest BCUT2D eigenvalue weighted by Crippen LogP contribution is -2.26. The minimum Gasteiger partial charge on any atom is -0.371 e. The number of nitrogens with one attached hydrogen (secondary N) is 3. The lowest BCUT2D eigenvalue weighted by atomic mass is 9.80. The van der Waals surface area contributed by atoms with Crippen molar-refractivity contribution in [2.24, 2.45) is 0 Å². The zero-order chi connectivity index (χ0) is 37.1. The topological polar surface area (TPSA) is 128 Å². The molecule has 0 spiro atoms. The highest BCUT2D eigenvalue weighted by Crippen LogP contribution is 2.38. The van der Waals surface area contributed by atoms with Crippen LogP contribution in [-0.2, 0) is 11.6 Å². The molecule has 0 unspecified atom stereocenters. The average Bonchev–Trinajstić information content (AvgIpc) is 3.98. The molecule has 10 nitrogen and oxygen atoms in total. The van der Waals surface area contributed by atoms with Crippen LogP contribution in [-0.4, -0.2) is 53.7 Å². The Kier molecular flexibility index (Phi) is 8.57. The molecule has 1 aliphatic rings. The van der Waals surface area contributed by atoms with E-state index in [0.717, 1.165) is 55.6 Å². The van der Waals surface area contributed by atoms with Gasteiger partial charge in [-0.3, -0.25) is 19.8 Å². The summed E-state index contributed by atoms with van der Waals surface area (Å²) in [4.78, 5) is 38.4. The first-order valence-corrected chi connectivity index (χ1v) is 18.6. The van der Waals surface area contributed by atoms with Gasteiger partial charge in [0.2, 0.25) is 10.3 Å². The number of allylic oxidation sites excluding steroid dienone is 1. The summed E-state index contributed by atoms with van der Waals surface area (Å²) in [6.07, 6.45) is -0.169. The number of hydrogen-bond donors (Lipinski definition) is 3. The summed E-state index contributed by atoms with van der Waals surface area (Å²) in [6.45, 7) is 5.02.